The Balaban J connectivity index is 1.94. The van der Waals surface area contributed by atoms with Crippen LogP contribution >= 0.6 is 0 Å². The maximum absolute atomic E-state index is 6.13. The van der Waals surface area contributed by atoms with Gasteiger partial charge in [0.25, 0.3) is 0 Å². The highest BCUT2D eigenvalue weighted by molar-refractivity contribution is 6.63. The van der Waals surface area contributed by atoms with E-state index in [9.17, 15) is 0 Å². The molecule has 0 spiro atoms. The number of nitrogens with two attached hydrogens (primary N) is 1. The second-order valence-electron chi connectivity index (χ2n) is 6.76. The van der Waals surface area contributed by atoms with Crippen molar-refractivity contribution in [2.45, 2.75) is 45.8 Å². The van der Waals surface area contributed by atoms with Crippen molar-refractivity contribution in [3.63, 3.8) is 0 Å². The average Bonchev–Trinajstić information content (AvgIpc) is 2.67. The summed E-state index contributed by atoms with van der Waals surface area (Å²) in [5, 5.41) is 0. The summed E-state index contributed by atoms with van der Waals surface area (Å²) in [4.78, 5) is 13.1. The van der Waals surface area contributed by atoms with E-state index in [2.05, 4.69) is 15.0 Å². The maximum atomic E-state index is 6.13. The lowest BCUT2D eigenvalue weighted by molar-refractivity contribution is 0.00578. The molecule has 1 saturated heterocycles. The summed E-state index contributed by atoms with van der Waals surface area (Å²) in [6, 6.07) is 3.77. The number of aryl methyl sites for hydroxylation is 1. The standard InChI is InChI=1S/C16H21BN4O2/c1-10-11(7-6-8-19-10)14-20-9-12(13(18)21-14)17-22-15(2,3)16(4,5)23-17/h6-9H,1-5H3,(H2,18,20,21). The van der Waals surface area contributed by atoms with Crippen LogP contribution in [0.25, 0.3) is 11.4 Å². The molecule has 7 heteroatoms. The monoisotopic (exact) mass is 312 g/mol. The minimum Gasteiger partial charge on any atom is -0.399 e. The third-order valence-electron chi connectivity index (χ3n) is 4.60. The van der Waals surface area contributed by atoms with Gasteiger partial charge in [-0.2, -0.15) is 0 Å². The molecule has 3 rings (SSSR count). The van der Waals surface area contributed by atoms with Crippen molar-refractivity contribution in [3.05, 3.63) is 30.2 Å². The quantitative estimate of drug-likeness (QED) is 0.850. The van der Waals surface area contributed by atoms with Crippen molar-refractivity contribution in [3.8, 4) is 11.4 Å². The second kappa shape index (κ2) is 5.28. The number of nitrogens with zero attached hydrogens (tertiary/aromatic N) is 3. The summed E-state index contributed by atoms with van der Waals surface area (Å²) in [7, 11) is -0.566. The first kappa shape index (κ1) is 15.9. The van der Waals surface area contributed by atoms with Gasteiger partial charge in [-0.25, -0.2) is 9.97 Å². The Hall–Kier alpha value is -1.99. The molecule has 1 fully saturated rings. The molecule has 0 atom stereocenters. The van der Waals surface area contributed by atoms with Gasteiger partial charge in [0.1, 0.15) is 5.82 Å². The first-order chi connectivity index (χ1) is 10.7. The van der Waals surface area contributed by atoms with Gasteiger partial charge in [0.05, 0.1) is 11.2 Å². The second-order valence-corrected chi connectivity index (χ2v) is 6.76. The van der Waals surface area contributed by atoms with Crippen LogP contribution in [0.2, 0.25) is 0 Å². The van der Waals surface area contributed by atoms with Gasteiger partial charge in [-0.05, 0) is 46.8 Å². The Bertz CT molecular complexity index is 733. The zero-order chi connectivity index (χ0) is 16.8. The number of nitrogen functional groups attached to an aromatic ring is 1. The van der Waals surface area contributed by atoms with Crippen LogP contribution in [-0.4, -0.2) is 33.3 Å². The Morgan fingerprint density at radius 1 is 1.09 bits per heavy atom. The molecule has 0 aliphatic carbocycles. The maximum Gasteiger partial charge on any atom is 0.500 e. The van der Waals surface area contributed by atoms with E-state index in [0.717, 1.165) is 11.3 Å². The molecule has 23 heavy (non-hydrogen) atoms. The summed E-state index contributed by atoms with van der Waals surface area (Å²) in [5.41, 5.74) is 7.64. The number of aromatic nitrogens is 3. The van der Waals surface area contributed by atoms with Crippen LogP contribution in [0.1, 0.15) is 33.4 Å². The molecule has 0 saturated carbocycles. The summed E-state index contributed by atoms with van der Waals surface area (Å²) < 4.78 is 12.0. The number of pyridine rings is 1. The van der Waals surface area contributed by atoms with Crippen molar-refractivity contribution < 1.29 is 9.31 Å². The summed E-state index contributed by atoms with van der Waals surface area (Å²) in [6.45, 7) is 9.90. The molecule has 1 aliphatic rings. The third-order valence-corrected chi connectivity index (χ3v) is 4.60. The molecule has 0 unspecified atom stereocenters. The van der Waals surface area contributed by atoms with Gasteiger partial charge in [0, 0.05) is 29.1 Å². The summed E-state index contributed by atoms with van der Waals surface area (Å²) in [6.07, 6.45) is 3.41. The Morgan fingerprint density at radius 2 is 1.74 bits per heavy atom. The Morgan fingerprint density at radius 3 is 2.30 bits per heavy atom. The Kier molecular flexibility index (Phi) is 3.65. The van der Waals surface area contributed by atoms with Gasteiger partial charge in [-0.1, -0.05) is 0 Å². The van der Waals surface area contributed by atoms with Gasteiger partial charge >= 0.3 is 7.12 Å². The third kappa shape index (κ3) is 2.70. The molecule has 0 amide bonds. The fraction of sp³-hybridized carbons (Fsp3) is 0.438. The van der Waals surface area contributed by atoms with Crippen LogP contribution < -0.4 is 11.2 Å². The van der Waals surface area contributed by atoms with E-state index in [-0.39, 0.29) is 0 Å². The average molecular weight is 312 g/mol. The molecule has 120 valence electrons. The number of anilines is 1. The van der Waals surface area contributed by atoms with Crippen LogP contribution in [0.15, 0.2) is 24.5 Å². The van der Waals surface area contributed by atoms with E-state index >= 15 is 0 Å². The molecule has 1 aliphatic heterocycles. The zero-order valence-corrected chi connectivity index (χ0v) is 14.1. The zero-order valence-electron chi connectivity index (χ0n) is 14.1. The largest absolute Gasteiger partial charge is 0.500 e. The molecular weight excluding hydrogens is 291 g/mol. The fourth-order valence-corrected chi connectivity index (χ4v) is 2.41. The van der Waals surface area contributed by atoms with Crippen LogP contribution in [0.5, 0.6) is 0 Å². The predicted molar refractivity (Wildman–Crippen MR) is 90.1 cm³/mol. The molecule has 2 aromatic heterocycles. The lowest BCUT2D eigenvalue weighted by atomic mass is 9.80. The highest BCUT2D eigenvalue weighted by Gasteiger charge is 2.52. The van der Waals surface area contributed by atoms with E-state index in [1.54, 1.807) is 12.4 Å². The van der Waals surface area contributed by atoms with Crippen LogP contribution in [0.4, 0.5) is 5.82 Å². The SMILES string of the molecule is Cc1ncccc1-c1ncc(B2OC(C)(C)C(C)(C)O2)c(N)n1. The van der Waals surface area contributed by atoms with Crippen molar-refractivity contribution in [1.82, 2.24) is 15.0 Å². The van der Waals surface area contributed by atoms with Crippen molar-refractivity contribution in [2.24, 2.45) is 0 Å². The van der Waals surface area contributed by atoms with Gasteiger partial charge in [0.15, 0.2) is 5.82 Å². The van der Waals surface area contributed by atoms with Crippen molar-refractivity contribution in [2.75, 3.05) is 5.73 Å². The lowest BCUT2D eigenvalue weighted by Gasteiger charge is -2.32. The smallest absolute Gasteiger partial charge is 0.399 e. The van der Waals surface area contributed by atoms with Gasteiger partial charge in [-0.3, -0.25) is 4.98 Å². The lowest BCUT2D eigenvalue weighted by Crippen LogP contribution is -2.41. The van der Waals surface area contributed by atoms with E-state index in [1.807, 2.05) is 46.8 Å². The number of rotatable bonds is 2. The van der Waals surface area contributed by atoms with Crippen molar-refractivity contribution >= 4 is 18.4 Å². The number of hydrogen-bond donors (Lipinski definition) is 1. The highest BCUT2D eigenvalue weighted by Crippen LogP contribution is 2.36. The minimum atomic E-state index is -0.566. The molecule has 0 bridgehead atoms. The van der Waals surface area contributed by atoms with E-state index in [0.29, 0.717) is 17.1 Å². The van der Waals surface area contributed by atoms with Crippen LogP contribution in [0, 0.1) is 6.92 Å². The number of hydrogen-bond acceptors (Lipinski definition) is 6. The molecule has 2 N–H and O–H groups in total. The van der Waals surface area contributed by atoms with Crippen LogP contribution in [0.3, 0.4) is 0 Å². The fourth-order valence-electron chi connectivity index (χ4n) is 2.41. The normalized spacial score (nSPS) is 19.1. The van der Waals surface area contributed by atoms with E-state index < -0.39 is 18.3 Å². The van der Waals surface area contributed by atoms with Gasteiger partial charge < -0.3 is 15.0 Å². The van der Waals surface area contributed by atoms with Gasteiger partial charge in [-0.15, -0.1) is 0 Å². The topological polar surface area (TPSA) is 83.2 Å². The molecular formula is C16H21BN4O2. The first-order valence-corrected chi connectivity index (χ1v) is 7.61. The highest BCUT2D eigenvalue weighted by atomic mass is 16.7. The van der Waals surface area contributed by atoms with E-state index in [1.165, 1.54) is 0 Å². The molecule has 0 radical (unpaired) electrons. The summed E-state index contributed by atoms with van der Waals surface area (Å²) >= 11 is 0. The minimum absolute atomic E-state index is 0.358. The Labute approximate surface area is 136 Å². The first-order valence-electron chi connectivity index (χ1n) is 7.61. The summed E-state index contributed by atoms with van der Waals surface area (Å²) in [5.74, 6) is 0.908. The predicted octanol–water partition coefficient (Wildman–Crippen LogP) is 1.73. The molecule has 3 heterocycles. The van der Waals surface area contributed by atoms with Crippen LogP contribution in [-0.2, 0) is 9.31 Å². The molecule has 6 nitrogen and oxygen atoms in total. The molecule has 2 aromatic rings. The molecule has 0 aromatic carbocycles. The van der Waals surface area contributed by atoms with Crippen molar-refractivity contribution in [1.29, 1.82) is 0 Å². The van der Waals surface area contributed by atoms with E-state index in [4.69, 9.17) is 15.0 Å². The van der Waals surface area contributed by atoms with Gasteiger partial charge in [0.2, 0.25) is 0 Å².